The lowest BCUT2D eigenvalue weighted by molar-refractivity contribution is -0.148. The maximum Gasteiger partial charge on any atom is 0.324 e. The third-order valence-corrected chi connectivity index (χ3v) is 4.90. The highest BCUT2D eigenvalue weighted by Crippen LogP contribution is 2.14. The van der Waals surface area contributed by atoms with Crippen LogP contribution in [0, 0.1) is 19.8 Å². The predicted molar refractivity (Wildman–Crippen MR) is 89.0 cm³/mol. The summed E-state index contributed by atoms with van der Waals surface area (Å²) in [5, 5.41) is 7.35. The molecule has 0 aliphatic carbocycles. The van der Waals surface area contributed by atoms with Crippen molar-refractivity contribution in [2.24, 2.45) is 5.92 Å². The molecule has 0 radical (unpaired) electrons. The molecule has 0 amide bonds. The Morgan fingerprint density at radius 1 is 1.20 bits per heavy atom. The van der Waals surface area contributed by atoms with Gasteiger partial charge in [0, 0.05) is 6.92 Å². The lowest BCUT2D eigenvalue weighted by atomic mass is 10.1. The number of nitrogens with zero attached hydrogens (tertiary/aromatic N) is 2. The van der Waals surface area contributed by atoms with Crippen LogP contribution in [-0.4, -0.2) is 30.6 Å². The maximum atomic E-state index is 12.5. The van der Waals surface area contributed by atoms with Crippen molar-refractivity contribution in [1.82, 2.24) is 14.9 Å². The molecule has 8 nitrogen and oxygen atoms in total. The smallest absolute Gasteiger partial charge is 0.324 e. The normalized spacial score (nSPS) is 13.0. The van der Waals surface area contributed by atoms with Crippen LogP contribution in [0.3, 0.4) is 0 Å². The van der Waals surface area contributed by atoms with Gasteiger partial charge in [-0.05, 0) is 25.0 Å². The van der Waals surface area contributed by atoms with Crippen LogP contribution >= 0.6 is 0 Å². The highest BCUT2D eigenvalue weighted by Gasteiger charge is 2.30. The second kappa shape index (κ2) is 7.75. The van der Waals surface area contributed by atoms with Gasteiger partial charge < -0.3 is 9.15 Å². The molecule has 1 heterocycles. The molecular formula is C16H21N3O5S. The van der Waals surface area contributed by atoms with E-state index in [1.165, 1.54) is 12.1 Å². The molecule has 1 aromatic carbocycles. The van der Waals surface area contributed by atoms with Crippen molar-refractivity contribution in [3.05, 3.63) is 41.6 Å². The van der Waals surface area contributed by atoms with Gasteiger partial charge in [0.05, 0.1) is 4.90 Å². The number of carbonyl (C=O) groups is 1. The van der Waals surface area contributed by atoms with Gasteiger partial charge in [-0.25, -0.2) is 8.42 Å². The number of hydrogen-bond donors (Lipinski definition) is 1. The number of ether oxygens (including phenoxy) is 1. The number of benzene rings is 1. The number of nitrogens with one attached hydrogen (secondary N) is 1. The molecule has 25 heavy (non-hydrogen) atoms. The number of esters is 1. The van der Waals surface area contributed by atoms with Crippen molar-refractivity contribution in [2.75, 3.05) is 0 Å². The van der Waals surface area contributed by atoms with E-state index in [1.54, 1.807) is 32.9 Å². The Balaban J connectivity index is 2.08. The third kappa shape index (κ3) is 5.10. The minimum Gasteiger partial charge on any atom is -0.454 e. The summed E-state index contributed by atoms with van der Waals surface area (Å²) in [6.45, 7) is 6.71. The number of sulfonamides is 1. The maximum absolute atomic E-state index is 12.5. The van der Waals surface area contributed by atoms with Gasteiger partial charge in [0.2, 0.25) is 15.9 Å². The second-order valence-electron chi connectivity index (χ2n) is 5.98. The quantitative estimate of drug-likeness (QED) is 0.742. The van der Waals surface area contributed by atoms with Crippen LogP contribution in [0.5, 0.6) is 0 Å². The largest absolute Gasteiger partial charge is 0.454 e. The average Bonchev–Trinajstić information content (AvgIpc) is 2.96. The highest BCUT2D eigenvalue weighted by molar-refractivity contribution is 7.89. The molecule has 0 spiro atoms. The molecule has 0 unspecified atom stereocenters. The van der Waals surface area contributed by atoms with Gasteiger partial charge in [-0.2, -0.15) is 4.72 Å². The average molecular weight is 367 g/mol. The number of aromatic nitrogens is 2. The molecule has 0 aliphatic heterocycles. The molecule has 136 valence electrons. The summed E-state index contributed by atoms with van der Waals surface area (Å²) in [5.41, 5.74) is 0.939. The summed E-state index contributed by atoms with van der Waals surface area (Å²) in [5.74, 6) is -0.514. The molecule has 1 aromatic heterocycles. The number of carbonyl (C=O) groups excluding carboxylic acids is 1. The van der Waals surface area contributed by atoms with Crippen molar-refractivity contribution in [2.45, 2.75) is 45.2 Å². The zero-order valence-corrected chi connectivity index (χ0v) is 15.3. The zero-order chi connectivity index (χ0) is 18.6. The van der Waals surface area contributed by atoms with Gasteiger partial charge >= 0.3 is 5.97 Å². The van der Waals surface area contributed by atoms with Crippen LogP contribution in [0.2, 0.25) is 0 Å². The van der Waals surface area contributed by atoms with Gasteiger partial charge in [0.1, 0.15) is 6.04 Å². The first kappa shape index (κ1) is 19.1. The highest BCUT2D eigenvalue weighted by atomic mass is 32.2. The Morgan fingerprint density at radius 2 is 1.84 bits per heavy atom. The lowest BCUT2D eigenvalue weighted by Crippen LogP contribution is -2.45. The molecular weight excluding hydrogens is 346 g/mol. The fraction of sp³-hybridized carbons (Fsp3) is 0.438. The third-order valence-electron chi connectivity index (χ3n) is 3.44. The summed E-state index contributed by atoms with van der Waals surface area (Å²) in [6, 6.07) is 5.32. The topological polar surface area (TPSA) is 111 Å². The molecule has 0 saturated carbocycles. The summed E-state index contributed by atoms with van der Waals surface area (Å²) < 4.78 is 37.6. The van der Waals surface area contributed by atoms with Crippen LogP contribution in [-0.2, 0) is 26.2 Å². The predicted octanol–water partition coefficient (Wildman–Crippen LogP) is 1.73. The van der Waals surface area contributed by atoms with Crippen molar-refractivity contribution >= 4 is 16.0 Å². The van der Waals surface area contributed by atoms with Crippen molar-refractivity contribution in [3.8, 4) is 0 Å². The minimum atomic E-state index is -3.85. The molecule has 0 saturated heterocycles. The standard InChI is InChI=1S/C16H21N3O5S/c1-10(2)15(16(20)23-9-14-18-17-12(4)24-14)19-25(21,22)13-7-5-11(3)6-8-13/h5-8,10,15,19H,9H2,1-4H3/t15-/m1/s1. The Morgan fingerprint density at radius 3 is 2.36 bits per heavy atom. The van der Waals surface area contributed by atoms with Gasteiger partial charge in [-0.3, -0.25) is 4.79 Å². The fourth-order valence-corrected chi connectivity index (χ4v) is 3.36. The summed E-state index contributed by atoms with van der Waals surface area (Å²) in [7, 11) is -3.85. The monoisotopic (exact) mass is 367 g/mol. The fourth-order valence-electron chi connectivity index (χ4n) is 2.03. The van der Waals surface area contributed by atoms with Crippen molar-refractivity contribution in [3.63, 3.8) is 0 Å². The zero-order valence-electron chi connectivity index (χ0n) is 14.5. The van der Waals surface area contributed by atoms with E-state index in [4.69, 9.17) is 9.15 Å². The lowest BCUT2D eigenvalue weighted by Gasteiger charge is -2.20. The number of hydrogen-bond acceptors (Lipinski definition) is 7. The van der Waals surface area contributed by atoms with E-state index in [9.17, 15) is 13.2 Å². The molecule has 1 N–H and O–H groups in total. The minimum absolute atomic E-state index is 0.0871. The molecule has 0 aliphatic rings. The molecule has 1 atom stereocenters. The van der Waals surface area contributed by atoms with Crippen molar-refractivity contribution in [1.29, 1.82) is 0 Å². The van der Waals surface area contributed by atoms with Crippen LogP contribution < -0.4 is 4.72 Å². The van der Waals surface area contributed by atoms with E-state index in [-0.39, 0.29) is 23.3 Å². The van der Waals surface area contributed by atoms with Gasteiger partial charge in [-0.15, -0.1) is 10.2 Å². The summed E-state index contributed by atoms with van der Waals surface area (Å²) in [4.78, 5) is 12.4. The molecule has 2 rings (SSSR count). The molecule has 0 bridgehead atoms. The second-order valence-corrected chi connectivity index (χ2v) is 7.69. The molecule has 0 fully saturated rings. The Bertz CT molecular complexity index is 828. The van der Waals surface area contributed by atoms with E-state index in [0.29, 0.717) is 5.89 Å². The summed E-state index contributed by atoms with van der Waals surface area (Å²) >= 11 is 0. The van der Waals surface area contributed by atoms with Crippen LogP contribution in [0.4, 0.5) is 0 Å². The van der Waals surface area contributed by atoms with Crippen molar-refractivity contribution < 1.29 is 22.4 Å². The number of rotatable bonds is 7. The SMILES string of the molecule is Cc1ccc(S(=O)(=O)N[C@@H](C(=O)OCc2nnc(C)o2)C(C)C)cc1. The summed E-state index contributed by atoms with van der Waals surface area (Å²) in [6.07, 6.45) is 0. The van der Waals surface area contributed by atoms with E-state index in [2.05, 4.69) is 14.9 Å². The van der Waals surface area contributed by atoms with E-state index in [0.717, 1.165) is 5.56 Å². The van der Waals surface area contributed by atoms with Crippen LogP contribution in [0.25, 0.3) is 0 Å². The molecule has 2 aromatic rings. The Kier molecular flexibility index (Phi) is 5.91. The van der Waals surface area contributed by atoms with Gasteiger partial charge in [0.25, 0.3) is 5.89 Å². The van der Waals surface area contributed by atoms with E-state index >= 15 is 0 Å². The van der Waals surface area contributed by atoms with Gasteiger partial charge in [0.15, 0.2) is 6.61 Å². The first-order chi connectivity index (χ1) is 11.7. The Hall–Kier alpha value is -2.26. The van der Waals surface area contributed by atoms with Crippen LogP contribution in [0.1, 0.15) is 31.2 Å². The number of aryl methyl sites for hydroxylation is 2. The molecule has 9 heteroatoms. The van der Waals surface area contributed by atoms with E-state index < -0.39 is 22.0 Å². The Labute approximate surface area is 146 Å². The van der Waals surface area contributed by atoms with Crippen LogP contribution in [0.15, 0.2) is 33.6 Å². The van der Waals surface area contributed by atoms with Gasteiger partial charge in [-0.1, -0.05) is 31.5 Å². The first-order valence-electron chi connectivity index (χ1n) is 7.73. The first-order valence-corrected chi connectivity index (χ1v) is 9.22. The van der Waals surface area contributed by atoms with E-state index in [1.807, 2.05) is 6.92 Å².